The Hall–Kier alpha value is -1.10. The van der Waals surface area contributed by atoms with Crippen LogP contribution < -0.4 is 4.74 Å². The van der Waals surface area contributed by atoms with Gasteiger partial charge in [0.05, 0.1) is 13.2 Å². The molecule has 0 radical (unpaired) electrons. The highest BCUT2D eigenvalue weighted by Crippen LogP contribution is 2.36. The third-order valence-corrected chi connectivity index (χ3v) is 3.09. The molecule has 0 aromatic heterocycles. The van der Waals surface area contributed by atoms with Crippen LogP contribution in [0.5, 0.6) is 5.75 Å². The number of hydrogen-bond acceptors (Lipinski definition) is 4. The molecule has 1 aromatic rings. The molecule has 4 nitrogen and oxygen atoms in total. The quantitative estimate of drug-likeness (QED) is 0.775. The smallest absolute Gasteiger partial charge is 0.129 e. The molecule has 0 amide bonds. The van der Waals surface area contributed by atoms with Gasteiger partial charge in [0.25, 0.3) is 0 Å². The molecule has 0 spiro atoms. The topological polar surface area (TPSA) is 66.8 Å². The molecule has 0 heterocycles. The number of aliphatic hydroxyl groups excluding tert-OH is 2. The normalized spacial score (nSPS) is 12.3. The van der Waals surface area contributed by atoms with Gasteiger partial charge in [-0.1, -0.05) is 11.6 Å². The Balaban J connectivity index is 3.45. The van der Waals surface area contributed by atoms with Crippen LogP contribution in [0.15, 0.2) is 6.07 Å². The maximum atomic E-state index is 10.7. The number of carbonyl (C=O) groups excluding carboxylic acids is 1. The molecule has 0 aliphatic rings. The SMILES string of the molecule is CCOc1c(CC=O)cc(Cl)c(C)c1C(O)CO. The van der Waals surface area contributed by atoms with Gasteiger partial charge in [0.15, 0.2) is 0 Å². The van der Waals surface area contributed by atoms with E-state index in [4.69, 9.17) is 21.4 Å². The summed E-state index contributed by atoms with van der Waals surface area (Å²) in [6.07, 6.45) is -0.172. The zero-order chi connectivity index (χ0) is 13.7. The van der Waals surface area contributed by atoms with Crippen molar-refractivity contribution in [1.82, 2.24) is 0 Å². The summed E-state index contributed by atoms with van der Waals surface area (Å²) in [5.74, 6) is 0.438. The van der Waals surface area contributed by atoms with Crippen molar-refractivity contribution in [2.75, 3.05) is 13.2 Å². The van der Waals surface area contributed by atoms with Crippen molar-refractivity contribution in [3.05, 3.63) is 27.8 Å². The number of benzene rings is 1. The van der Waals surface area contributed by atoms with E-state index in [0.29, 0.717) is 34.1 Å². The Morgan fingerprint density at radius 2 is 2.22 bits per heavy atom. The molecule has 0 saturated carbocycles. The van der Waals surface area contributed by atoms with Crippen LogP contribution in [0.25, 0.3) is 0 Å². The van der Waals surface area contributed by atoms with Gasteiger partial charge < -0.3 is 19.7 Å². The second-order valence-corrected chi connectivity index (χ2v) is 4.29. The fourth-order valence-electron chi connectivity index (χ4n) is 1.85. The molecule has 0 fully saturated rings. The van der Waals surface area contributed by atoms with Gasteiger partial charge in [0.2, 0.25) is 0 Å². The number of halogens is 1. The summed E-state index contributed by atoms with van der Waals surface area (Å²) in [4.78, 5) is 10.7. The van der Waals surface area contributed by atoms with E-state index in [0.717, 1.165) is 6.29 Å². The highest BCUT2D eigenvalue weighted by Gasteiger charge is 2.21. The first-order valence-electron chi connectivity index (χ1n) is 5.74. The molecular formula is C13H17ClO4. The largest absolute Gasteiger partial charge is 0.493 e. The van der Waals surface area contributed by atoms with Crippen LogP contribution >= 0.6 is 11.6 Å². The molecule has 1 rings (SSSR count). The van der Waals surface area contributed by atoms with Crippen LogP contribution in [0.4, 0.5) is 0 Å². The lowest BCUT2D eigenvalue weighted by Crippen LogP contribution is -2.11. The van der Waals surface area contributed by atoms with E-state index in [9.17, 15) is 9.90 Å². The molecule has 0 aliphatic heterocycles. The fourth-order valence-corrected chi connectivity index (χ4v) is 2.08. The number of carbonyl (C=O) groups is 1. The van der Waals surface area contributed by atoms with Crippen molar-refractivity contribution in [1.29, 1.82) is 0 Å². The maximum absolute atomic E-state index is 10.7. The average Bonchev–Trinajstić information content (AvgIpc) is 2.35. The third-order valence-electron chi connectivity index (χ3n) is 2.70. The summed E-state index contributed by atoms with van der Waals surface area (Å²) in [6, 6.07) is 1.66. The molecule has 100 valence electrons. The van der Waals surface area contributed by atoms with Crippen LogP contribution in [0.2, 0.25) is 5.02 Å². The molecule has 2 N–H and O–H groups in total. The summed E-state index contributed by atoms with van der Waals surface area (Å²) >= 11 is 6.06. The average molecular weight is 273 g/mol. The van der Waals surface area contributed by atoms with Crippen molar-refractivity contribution < 1.29 is 19.7 Å². The van der Waals surface area contributed by atoms with Gasteiger partial charge in [-0.2, -0.15) is 0 Å². The predicted octanol–water partition coefficient (Wildman–Crippen LogP) is 1.81. The van der Waals surface area contributed by atoms with Crippen LogP contribution in [0.3, 0.4) is 0 Å². The second kappa shape index (κ2) is 6.73. The highest BCUT2D eigenvalue weighted by molar-refractivity contribution is 6.31. The Bertz CT molecular complexity index is 431. The van der Waals surface area contributed by atoms with Crippen molar-refractivity contribution in [3.63, 3.8) is 0 Å². The van der Waals surface area contributed by atoms with Gasteiger partial charge in [-0.05, 0) is 25.5 Å². The van der Waals surface area contributed by atoms with Gasteiger partial charge >= 0.3 is 0 Å². The van der Waals surface area contributed by atoms with Gasteiger partial charge in [-0.25, -0.2) is 0 Å². The summed E-state index contributed by atoms with van der Waals surface area (Å²) in [5.41, 5.74) is 1.71. The Morgan fingerprint density at radius 3 is 2.72 bits per heavy atom. The van der Waals surface area contributed by atoms with Gasteiger partial charge in [-0.15, -0.1) is 0 Å². The molecule has 0 bridgehead atoms. The summed E-state index contributed by atoms with van der Waals surface area (Å²) in [7, 11) is 0. The Kier molecular flexibility index (Phi) is 5.59. The third kappa shape index (κ3) is 3.02. The van der Waals surface area contributed by atoms with E-state index in [1.165, 1.54) is 0 Å². The molecule has 1 unspecified atom stereocenters. The van der Waals surface area contributed by atoms with Crippen LogP contribution in [0, 0.1) is 6.92 Å². The summed E-state index contributed by atoms with van der Waals surface area (Å²) in [5, 5.41) is 19.4. The number of ether oxygens (including phenoxy) is 1. The molecular weight excluding hydrogens is 256 g/mol. The number of aldehydes is 1. The monoisotopic (exact) mass is 272 g/mol. The number of rotatable bonds is 6. The first-order chi connectivity index (χ1) is 8.56. The van der Waals surface area contributed by atoms with E-state index in [-0.39, 0.29) is 6.42 Å². The van der Waals surface area contributed by atoms with E-state index in [1.54, 1.807) is 13.0 Å². The molecule has 0 saturated heterocycles. The molecule has 1 atom stereocenters. The zero-order valence-electron chi connectivity index (χ0n) is 10.4. The van der Waals surface area contributed by atoms with E-state index >= 15 is 0 Å². The summed E-state index contributed by atoms with van der Waals surface area (Å²) < 4.78 is 5.49. The molecule has 18 heavy (non-hydrogen) atoms. The van der Waals surface area contributed by atoms with Crippen LogP contribution in [0.1, 0.15) is 29.7 Å². The lowest BCUT2D eigenvalue weighted by Gasteiger charge is -2.20. The fraction of sp³-hybridized carbons (Fsp3) is 0.462. The van der Waals surface area contributed by atoms with Crippen LogP contribution in [-0.2, 0) is 11.2 Å². The summed E-state index contributed by atoms with van der Waals surface area (Å²) in [6.45, 7) is 3.52. The predicted molar refractivity (Wildman–Crippen MR) is 69.2 cm³/mol. The molecule has 0 aliphatic carbocycles. The minimum Gasteiger partial charge on any atom is -0.493 e. The second-order valence-electron chi connectivity index (χ2n) is 3.89. The van der Waals surface area contributed by atoms with Crippen molar-refractivity contribution in [3.8, 4) is 5.75 Å². The zero-order valence-corrected chi connectivity index (χ0v) is 11.2. The Labute approximate surface area is 111 Å². The van der Waals surface area contributed by atoms with Gasteiger partial charge in [-0.3, -0.25) is 0 Å². The van der Waals surface area contributed by atoms with Crippen LogP contribution in [-0.4, -0.2) is 29.7 Å². The van der Waals surface area contributed by atoms with E-state index in [2.05, 4.69) is 0 Å². The minimum atomic E-state index is -1.07. The molecule has 1 aromatic carbocycles. The lowest BCUT2D eigenvalue weighted by atomic mass is 9.97. The van der Waals surface area contributed by atoms with E-state index < -0.39 is 12.7 Å². The van der Waals surface area contributed by atoms with Gasteiger partial charge in [0.1, 0.15) is 18.1 Å². The molecule has 5 heteroatoms. The Morgan fingerprint density at radius 1 is 1.56 bits per heavy atom. The van der Waals surface area contributed by atoms with Crippen molar-refractivity contribution >= 4 is 17.9 Å². The maximum Gasteiger partial charge on any atom is 0.129 e. The van der Waals surface area contributed by atoms with Crippen molar-refractivity contribution in [2.24, 2.45) is 0 Å². The highest BCUT2D eigenvalue weighted by atomic mass is 35.5. The van der Waals surface area contributed by atoms with E-state index in [1.807, 2.05) is 6.92 Å². The lowest BCUT2D eigenvalue weighted by molar-refractivity contribution is -0.107. The first kappa shape index (κ1) is 15.0. The number of aliphatic hydroxyl groups is 2. The van der Waals surface area contributed by atoms with Gasteiger partial charge in [0, 0.05) is 22.6 Å². The minimum absolute atomic E-state index is 0.153. The van der Waals surface area contributed by atoms with Crippen molar-refractivity contribution in [2.45, 2.75) is 26.4 Å². The first-order valence-corrected chi connectivity index (χ1v) is 6.11. The standard InChI is InChI=1S/C13H17ClO4/c1-3-18-13-9(4-5-15)6-10(14)8(2)12(13)11(17)7-16/h5-6,11,16-17H,3-4,7H2,1-2H3. The number of hydrogen-bond donors (Lipinski definition) is 2.